The average Bonchev–Trinajstić information content (AvgIpc) is 2.48. The summed E-state index contributed by atoms with van der Waals surface area (Å²) in [6.45, 7) is 1.81. The van der Waals surface area contributed by atoms with Gasteiger partial charge in [0.05, 0.1) is 15.0 Å². The van der Waals surface area contributed by atoms with E-state index in [1.165, 1.54) is 12.1 Å². The molecule has 0 aliphatic heterocycles. The fourth-order valence-electron chi connectivity index (χ4n) is 1.56. The zero-order chi connectivity index (χ0) is 16.7. The average molecular weight is 399 g/mol. The first-order chi connectivity index (χ1) is 10.1. The SMILES string of the molecule is Cc1ccc(S(=O)(=O)N=C2C(Cl)=C(Cl)C(=O)C(Cl)=C2Cl)cc1. The first-order valence-electron chi connectivity index (χ1n) is 5.73. The van der Waals surface area contributed by atoms with Crippen LogP contribution in [-0.4, -0.2) is 19.9 Å². The summed E-state index contributed by atoms with van der Waals surface area (Å²) in [4.78, 5) is 11.6. The molecule has 0 atom stereocenters. The summed E-state index contributed by atoms with van der Waals surface area (Å²) < 4.78 is 28.1. The maximum Gasteiger partial charge on any atom is 0.282 e. The molecule has 0 saturated carbocycles. The third-order valence-electron chi connectivity index (χ3n) is 2.73. The van der Waals surface area contributed by atoms with Crippen LogP contribution in [0, 0.1) is 6.92 Å². The van der Waals surface area contributed by atoms with Crippen molar-refractivity contribution in [2.45, 2.75) is 11.8 Å². The van der Waals surface area contributed by atoms with Crippen LogP contribution in [0.15, 0.2) is 53.7 Å². The molecule has 1 aromatic rings. The first kappa shape index (κ1) is 17.5. The third-order valence-corrected chi connectivity index (χ3v) is 5.67. The summed E-state index contributed by atoms with van der Waals surface area (Å²) in [5.41, 5.74) is 0.523. The van der Waals surface area contributed by atoms with Gasteiger partial charge in [0.15, 0.2) is 0 Å². The molecule has 0 heterocycles. The molecular weight excluding hydrogens is 392 g/mol. The lowest BCUT2D eigenvalue weighted by Crippen LogP contribution is -2.17. The lowest BCUT2D eigenvalue weighted by Gasteiger charge is -2.13. The summed E-state index contributed by atoms with van der Waals surface area (Å²) in [5, 5.41) is -1.60. The number of Topliss-reactive ketones (excluding diaryl/α,β-unsaturated/α-hetero) is 1. The Morgan fingerprint density at radius 3 is 1.77 bits per heavy atom. The Morgan fingerprint density at radius 1 is 0.864 bits per heavy atom. The highest BCUT2D eigenvalue weighted by Gasteiger charge is 2.31. The Kier molecular flexibility index (Phi) is 5.04. The quantitative estimate of drug-likeness (QED) is 0.704. The number of carbonyl (C=O) groups is 1. The fourth-order valence-corrected chi connectivity index (χ4v) is 3.58. The van der Waals surface area contributed by atoms with Gasteiger partial charge in [-0.25, -0.2) is 0 Å². The maximum absolute atomic E-state index is 12.3. The Labute approximate surface area is 147 Å². The zero-order valence-corrected chi connectivity index (χ0v) is 14.7. The van der Waals surface area contributed by atoms with Crippen molar-refractivity contribution < 1.29 is 13.2 Å². The number of benzene rings is 1. The van der Waals surface area contributed by atoms with Gasteiger partial charge in [0.2, 0.25) is 5.78 Å². The van der Waals surface area contributed by atoms with Gasteiger partial charge >= 0.3 is 0 Å². The Hall–Kier alpha value is -0.850. The molecular formula is C13H7Cl4NO3S. The van der Waals surface area contributed by atoms with Gasteiger partial charge in [-0.1, -0.05) is 64.1 Å². The van der Waals surface area contributed by atoms with Crippen LogP contribution in [0.25, 0.3) is 0 Å². The van der Waals surface area contributed by atoms with Crippen molar-refractivity contribution in [2.24, 2.45) is 4.40 Å². The minimum Gasteiger partial charge on any atom is -0.286 e. The maximum atomic E-state index is 12.3. The Balaban J connectivity index is 2.61. The van der Waals surface area contributed by atoms with Gasteiger partial charge in [-0.05, 0) is 19.1 Å². The van der Waals surface area contributed by atoms with Gasteiger partial charge in [-0.3, -0.25) is 4.79 Å². The van der Waals surface area contributed by atoms with Crippen LogP contribution in [0.5, 0.6) is 0 Å². The second kappa shape index (κ2) is 6.34. The number of hydrogen-bond donors (Lipinski definition) is 0. The minimum atomic E-state index is -4.08. The largest absolute Gasteiger partial charge is 0.286 e. The molecule has 1 aromatic carbocycles. The number of sulfonamides is 1. The molecule has 0 aromatic heterocycles. The van der Waals surface area contributed by atoms with Crippen molar-refractivity contribution in [3.63, 3.8) is 0 Å². The van der Waals surface area contributed by atoms with Crippen LogP contribution < -0.4 is 0 Å². The Bertz CT molecular complexity index is 822. The highest BCUT2D eigenvalue weighted by atomic mass is 35.5. The van der Waals surface area contributed by atoms with Crippen molar-refractivity contribution in [1.29, 1.82) is 0 Å². The molecule has 2 rings (SSSR count). The lowest BCUT2D eigenvalue weighted by molar-refractivity contribution is -0.111. The number of ketones is 1. The highest BCUT2D eigenvalue weighted by molar-refractivity contribution is 7.90. The predicted octanol–water partition coefficient (Wildman–Crippen LogP) is 4.09. The second-order valence-corrected chi connectivity index (χ2v) is 7.43. The van der Waals surface area contributed by atoms with E-state index in [2.05, 4.69) is 4.40 Å². The van der Waals surface area contributed by atoms with Crippen LogP contribution in [0.3, 0.4) is 0 Å². The number of allylic oxidation sites excluding steroid dienone is 4. The standard InChI is InChI=1S/C13H7Cl4NO3S/c1-6-2-4-7(5-3-6)22(20,21)18-12-8(14)10(16)13(19)11(17)9(12)15/h2-5H,1H3. The van der Waals surface area contributed by atoms with Gasteiger partial charge in [-0.2, -0.15) is 12.8 Å². The molecule has 1 aliphatic rings. The van der Waals surface area contributed by atoms with E-state index >= 15 is 0 Å². The van der Waals surface area contributed by atoms with E-state index in [0.717, 1.165) is 5.56 Å². The minimum absolute atomic E-state index is 0.0521. The van der Waals surface area contributed by atoms with Gasteiger partial charge < -0.3 is 0 Å². The summed E-state index contributed by atoms with van der Waals surface area (Å²) >= 11 is 23.1. The van der Waals surface area contributed by atoms with Crippen molar-refractivity contribution in [3.8, 4) is 0 Å². The smallest absolute Gasteiger partial charge is 0.282 e. The topological polar surface area (TPSA) is 63.6 Å². The Morgan fingerprint density at radius 2 is 1.32 bits per heavy atom. The summed E-state index contributed by atoms with van der Waals surface area (Å²) in [7, 11) is -4.08. The van der Waals surface area contributed by atoms with Gasteiger partial charge in [0, 0.05) is 0 Å². The van der Waals surface area contributed by atoms with E-state index in [1.807, 2.05) is 6.92 Å². The molecule has 1 aliphatic carbocycles. The molecule has 0 spiro atoms. The van der Waals surface area contributed by atoms with Crippen LogP contribution in [0.4, 0.5) is 0 Å². The summed E-state index contributed by atoms with van der Waals surface area (Å²) in [6.07, 6.45) is 0. The predicted molar refractivity (Wildman–Crippen MR) is 88.3 cm³/mol. The zero-order valence-electron chi connectivity index (χ0n) is 10.9. The molecule has 4 nitrogen and oxygen atoms in total. The number of halogens is 4. The molecule has 0 bridgehead atoms. The fraction of sp³-hybridized carbons (Fsp3) is 0.0769. The van der Waals surface area contributed by atoms with E-state index in [4.69, 9.17) is 46.4 Å². The van der Waals surface area contributed by atoms with Gasteiger partial charge in [0.1, 0.15) is 15.8 Å². The van der Waals surface area contributed by atoms with Crippen molar-refractivity contribution >= 4 is 67.9 Å². The van der Waals surface area contributed by atoms with Crippen LogP contribution in [0.1, 0.15) is 5.56 Å². The number of nitrogens with zero attached hydrogens (tertiary/aromatic N) is 1. The molecule has 22 heavy (non-hydrogen) atoms. The van der Waals surface area contributed by atoms with Crippen LogP contribution in [0.2, 0.25) is 0 Å². The van der Waals surface area contributed by atoms with E-state index in [0.29, 0.717) is 0 Å². The van der Waals surface area contributed by atoms with Crippen molar-refractivity contribution in [2.75, 3.05) is 0 Å². The normalized spacial score (nSPS) is 16.4. The van der Waals surface area contributed by atoms with E-state index in [9.17, 15) is 13.2 Å². The number of rotatable bonds is 2. The number of hydrogen-bond acceptors (Lipinski definition) is 3. The lowest BCUT2D eigenvalue weighted by atomic mass is 10.1. The molecule has 0 unspecified atom stereocenters. The van der Waals surface area contributed by atoms with E-state index in [-0.39, 0.29) is 20.7 Å². The van der Waals surface area contributed by atoms with Gasteiger partial charge in [0.25, 0.3) is 10.0 Å². The van der Waals surface area contributed by atoms with Crippen LogP contribution in [-0.2, 0) is 14.8 Å². The van der Waals surface area contributed by atoms with E-state index < -0.39 is 25.9 Å². The molecule has 116 valence electrons. The third kappa shape index (κ3) is 3.24. The second-order valence-electron chi connectivity index (χ2n) is 4.31. The van der Waals surface area contributed by atoms with Crippen molar-refractivity contribution in [1.82, 2.24) is 0 Å². The number of aryl methyl sites for hydroxylation is 1. The van der Waals surface area contributed by atoms with Crippen molar-refractivity contribution in [3.05, 3.63) is 50.0 Å². The molecule has 0 fully saturated rings. The molecule has 9 heteroatoms. The van der Waals surface area contributed by atoms with Gasteiger partial charge in [-0.15, -0.1) is 0 Å². The van der Waals surface area contributed by atoms with E-state index in [1.54, 1.807) is 12.1 Å². The summed E-state index contributed by atoms with van der Waals surface area (Å²) in [6, 6.07) is 6.01. The summed E-state index contributed by atoms with van der Waals surface area (Å²) in [5.74, 6) is -0.787. The molecule has 0 amide bonds. The highest BCUT2D eigenvalue weighted by Crippen LogP contribution is 2.34. The first-order valence-corrected chi connectivity index (χ1v) is 8.68. The molecule has 0 N–H and O–H groups in total. The molecule has 0 radical (unpaired) electrons. The van der Waals surface area contributed by atoms with Crippen LogP contribution >= 0.6 is 46.4 Å². The number of carbonyl (C=O) groups excluding carboxylic acids is 1. The monoisotopic (exact) mass is 397 g/mol. The molecule has 0 saturated heterocycles.